The molecule has 166 valence electrons. The van der Waals surface area contributed by atoms with Gasteiger partial charge in [0.05, 0.1) is 17.4 Å². The molecule has 1 fully saturated rings. The minimum absolute atomic E-state index is 0.181. The quantitative estimate of drug-likeness (QED) is 0.531. The van der Waals surface area contributed by atoms with E-state index < -0.39 is 5.41 Å². The minimum Gasteiger partial charge on any atom is -0.355 e. The smallest absolute Gasteiger partial charge is 0.253 e. The third kappa shape index (κ3) is 3.96. The molecule has 0 unspecified atom stereocenters. The van der Waals surface area contributed by atoms with Gasteiger partial charge in [-0.3, -0.25) is 9.59 Å². The molecule has 1 aliphatic heterocycles. The lowest BCUT2D eigenvalue weighted by Gasteiger charge is -2.50. The Morgan fingerprint density at radius 1 is 1.22 bits per heavy atom. The second kappa shape index (κ2) is 8.88. The van der Waals surface area contributed by atoms with Crippen molar-refractivity contribution >= 4 is 45.6 Å². The number of rotatable bonds is 6. The average molecular weight is 470 g/mol. The number of aromatic nitrogens is 2. The fourth-order valence-electron chi connectivity index (χ4n) is 4.08. The maximum Gasteiger partial charge on any atom is 0.253 e. The Hall–Kier alpha value is -2.97. The Labute approximate surface area is 195 Å². The predicted molar refractivity (Wildman–Crippen MR) is 128 cm³/mol. The van der Waals surface area contributed by atoms with E-state index in [9.17, 15) is 9.59 Å². The standard InChI is InChI=1S/C23H24ClN5O2S/c1-14(2)15-6-4-5-7-17(15)23(12-29(13-23)22-26-8-9-32-22)21(31)28-18-11-27-19(24)10-16(18)20(30)25-3/h4-11,14H,12-13H2,1-3H3,(H,25,30)(H,28,31). The van der Waals surface area contributed by atoms with Crippen molar-refractivity contribution in [3.63, 3.8) is 0 Å². The summed E-state index contributed by atoms with van der Waals surface area (Å²) in [6, 6.07) is 9.50. The van der Waals surface area contributed by atoms with Crippen molar-refractivity contribution in [1.82, 2.24) is 15.3 Å². The maximum atomic E-state index is 13.8. The second-order valence-electron chi connectivity index (χ2n) is 8.08. The van der Waals surface area contributed by atoms with E-state index in [1.54, 1.807) is 17.5 Å². The van der Waals surface area contributed by atoms with Crippen LogP contribution in [0.2, 0.25) is 5.15 Å². The van der Waals surface area contributed by atoms with Crippen LogP contribution in [0.3, 0.4) is 0 Å². The summed E-state index contributed by atoms with van der Waals surface area (Å²) >= 11 is 7.54. The zero-order valence-corrected chi connectivity index (χ0v) is 19.6. The molecule has 2 N–H and O–H groups in total. The van der Waals surface area contributed by atoms with Gasteiger partial charge in [-0.25, -0.2) is 9.97 Å². The zero-order chi connectivity index (χ0) is 22.9. The molecule has 2 aromatic heterocycles. The van der Waals surface area contributed by atoms with Crippen molar-refractivity contribution in [2.45, 2.75) is 25.2 Å². The molecule has 1 saturated heterocycles. The van der Waals surface area contributed by atoms with Crippen LogP contribution in [0.1, 0.15) is 41.3 Å². The summed E-state index contributed by atoms with van der Waals surface area (Å²) in [5.41, 5.74) is 1.93. The Balaban J connectivity index is 1.73. The molecule has 3 aromatic rings. The summed E-state index contributed by atoms with van der Waals surface area (Å²) in [6.07, 6.45) is 3.18. The average Bonchev–Trinajstić information content (AvgIpc) is 3.28. The van der Waals surface area contributed by atoms with Gasteiger partial charge in [-0.15, -0.1) is 11.3 Å². The fourth-order valence-corrected chi connectivity index (χ4v) is 4.88. The molecule has 1 aliphatic rings. The van der Waals surface area contributed by atoms with Gasteiger partial charge in [0.1, 0.15) is 10.6 Å². The van der Waals surface area contributed by atoms with Gasteiger partial charge in [0.15, 0.2) is 5.13 Å². The Morgan fingerprint density at radius 3 is 2.62 bits per heavy atom. The number of halogens is 1. The largest absolute Gasteiger partial charge is 0.355 e. The molecular formula is C23H24ClN5O2S. The number of hydrogen-bond donors (Lipinski definition) is 2. The monoisotopic (exact) mass is 469 g/mol. The van der Waals surface area contributed by atoms with Crippen LogP contribution in [0.5, 0.6) is 0 Å². The summed E-state index contributed by atoms with van der Waals surface area (Å²) in [5.74, 6) is -0.282. The molecular weight excluding hydrogens is 446 g/mol. The van der Waals surface area contributed by atoms with Crippen LogP contribution in [0.15, 0.2) is 48.1 Å². The highest BCUT2D eigenvalue weighted by Crippen LogP contribution is 2.42. The van der Waals surface area contributed by atoms with Crippen molar-refractivity contribution in [3.8, 4) is 0 Å². The first-order chi connectivity index (χ1) is 15.4. The number of carbonyl (C=O) groups is 2. The number of amides is 2. The number of thiazole rings is 1. The summed E-state index contributed by atoms with van der Waals surface area (Å²) in [5, 5.41) is 8.53. The first kappa shape index (κ1) is 22.2. The third-order valence-corrected chi connectivity index (χ3v) is 6.77. The van der Waals surface area contributed by atoms with Crippen LogP contribution < -0.4 is 15.5 Å². The highest BCUT2D eigenvalue weighted by Gasteiger charge is 2.52. The third-order valence-electron chi connectivity index (χ3n) is 5.73. The highest BCUT2D eigenvalue weighted by molar-refractivity contribution is 7.13. The maximum absolute atomic E-state index is 13.8. The van der Waals surface area contributed by atoms with Crippen LogP contribution >= 0.6 is 22.9 Å². The van der Waals surface area contributed by atoms with Crippen molar-refractivity contribution < 1.29 is 9.59 Å². The molecule has 1 aromatic carbocycles. The van der Waals surface area contributed by atoms with E-state index in [-0.39, 0.29) is 28.4 Å². The fraction of sp³-hybridized carbons (Fsp3) is 0.304. The van der Waals surface area contributed by atoms with Crippen LogP contribution in [0, 0.1) is 0 Å². The van der Waals surface area contributed by atoms with E-state index in [0.29, 0.717) is 18.8 Å². The van der Waals surface area contributed by atoms with E-state index in [0.717, 1.165) is 16.3 Å². The SMILES string of the molecule is CNC(=O)c1cc(Cl)ncc1NC(=O)C1(c2ccccc2C(C)C)CN(c2nccs2)C1. The first-order valence-corrected chi connectivity index (χ1v) is 11.5. The van der Waals surface area contributed by atoms with Crippen molar-refractivity contribution in [2.75, 3.05) is 30.4 Å². The molecule has 0 bridgehead atoms. The first-order valence-electron chi connectivity index (χ1n) is 10.3. The van der Waals surface area contributed by atoms with Gasteiger partial charge in [-0.1, -0.05) is 49.7 Å². The van der Waals surface area contributed by atoms with Gasteiger partial charge < -0.3 is 15.5 Å². The zero-order valence-electron chi connectivity index (χ0n) is 18.1. The highest BCUT2D eigenvalue weighted by atomic mass is 35.5. The summed E-state index contributed by atoms with van der Waals surface area (Å²) in [7, 11) is 1.53. The van der Waals surface area contributed by atoms with Gasteiger partial charge >= 0.3 is 0 Å². The van der Waals surface area contributed by atoms with Crippen LogP contribution in [0.4, 0.5) is 10.8 Å². The molecule has 0 radical (unpaired) electrons. The van der Waals surface area contributed by atoms with E-state index in [4.69, 9.17) is 11.6 Å². The van der Waals surface area contributed by atoms with Crippen LogP contribution in [-0.4, -0.2) is 41.9 Å². The van der Waals surface area contributed by atoms with Crippen LogP contribution in [0.25, 0.3) is 0 Å². The van der Waals surface area contributed by atoms with Crippen molar-refractivity contribution in [3.05, 3.63) is 69.9 Å². The number of benzene rings is 1. The number of carbonyl (C=O) groups excluding carboxylic acids is 2. The molecule has 0 aliphatic carbocycles. The van der Waals surface area contributed by atoms with Gasteiger partial charge in [0, 0.05) is 31.7 Å². The predicted octanol–water partition coefficient (Wildman–Crippen LogP) is 4.07. The topological polar surface area (TPSA) is 87.2 Å². The molecule has 0 saturated carbocycles. The molecule has 32 heavy (non-hydrogen) atoms. The number of nitrogens with zero attached hydrogens (tertiary/aromatic N) is 3. The van der Waals surface area contributed by atoms with Crippen molar-refractivity contribution in [2.24, 2.45) is 0 Å². The molecule has 9 heteroatoms. The van der Waals surface area contributed by atoms with Crippen molar-refractivity contribution in [1.29, 1.82) is 0 Å². The van der Waals surface area contributed by atoms with E-state index in [1.807, 2.05) is 23.6 Å². The lowest BCUT2D eigenvalue weighted by molar-refractivity contribution is -0.122. The normalized spacial score (nSPS) is 14.7. The summed E-state index contributed by atoms with van der Waals surface area (Å²) < 4.78 is 0. The van der Waals surface area contributed by atoms with Crippen LogP contribution in [-0.2, 0) is 10.2 Å². The van der Waals surface area contributed by atoms with E-state index in [1.165, 1.54) is 19.3 Å². The van der Waals surface area contributed by atoms with Gasteiger partial charge in [0.2, 0.25) is 5.91 Å². The lowest BCUT2D eigenvalue weighted by Crippen LogP contribution is -2.65. The Kier molecular flexibility index (Phi) is 6.17. The Bertz CT molecular complexity index is 1140. The van der Waals surface area contributed by atoms with E-state index in [2.05, 4.69) is 45.4 Å². The molecule has 0 atom stereocenters. The Morgan fingerprint density at radius 2 is 1.97 bits per heavy atom. The van der Waals surface area contributed by atoms with E-state index >= 15 is 0 Å². The molecule has 4 rings (SSSR count). The number of hydrogen-bond acceptors (Lipinski definition) is 6. The molecule has 2 amide bonds. The number of nitrogens with one attached hydrogen (secondary N) is 2. The summed E-state index contributed by atoms with van der Waals surface area (Å²) in [4.78, 5) is 36.7. The molecule has 3 heterocycles. The second-order valence-corrected chi connectivity index (χ2v) is 9.34. The summed E-state index contributed by atoms with van der Waals surface area (Å²) in [6.45, 7) is 5.22. The number of anilines is 2. The lowest BCUT2D eigenvalue weighted by atomic mass is 9.70. The molecule has 0 spiro atoms. The van der Waals surface area contributed by atoms with Gasteiger partial charge in [-0.2, -0.15) is 0 Å². The minimum atomic E-state index is -0.786. The van der Waals surface area contributed by atoms with Gasteiger partial charge in [-0.05, 0) is 23.1 Å². The van der Waals surface area contributed by atoms with Gasteiger partial charge in [0.25, 0.3) is 5.91 Å². The molecule has 7 nitrogen and oxygen atoms in total. The number of pyridine rings is 1.